The maximum Gasteiger partial charge on any atom is 0.472 e. The van der Waals surface area contributed by atoms with E-state index in [0.717, 1.165) is 128 Å². The van der Waals surface area contributed by atoms with Crippen molar-refractivity contribution >= 4 is 45.4 Å². The van der Waals surface area contributed by atoms with E-state index in [1.165, 1.54) is 257 Å². The zero-order chi connectivity index (χ0) is 83.4. The number of urea groups is 1. The number of hydrogen-bond donors (Lipinski definition) is 6. The lowest BCUT2D eigenvalue weighted by atomic mass is 10.0. The molecule has 672 valence electrons. The van der Waals surface area contributed by atoms with E-state index in [4.69, 9.17) is 27.6 Å². The van der Waals surface area contributed by atoms with Crippen LogP contribution in [0.1, 0.15) is 478 Å². The van der Waals surface area contributed by atoms with Crippen LogP contribution < -0.4 is 21.3 Å². The fourth-order valence-corrected chi connectivity index (χ4v) is 15.9. The maximum atomic E-state index is 13.8. The Kier molecular flexibility index (Phi) is 82.5. The van der Waals surface area contributed by atoms with Gasteiger partial charge in [0, 0.05) is 38.8 Å². The molecule has 6 N–H and O–H groups in total. The summed E-state index contributed by atoms with van der Waals surface area (Å²) in [6, 6.07) is -2.77. The topological polar surface area (TPSA) is 263 Å². The van der Waals surface area contributed by atoms with E-state index in [0.29, 0.717) is 25.7 Å². The van der Waals surface area contributed by atoms with Gasteiger partial charge in [-0.2, -0.15) is 0 Å². The number of phosphoric acid groups is 2. The summed E-state index contributed by atoms with van der Waals surface area (Å²) in [4.78, 5) is 89.9. The lowest BCUT2D eigenvalue weighted by Gasteiger charge is -2.27. The van der Waals surface area contributed by atoms with Gasteiger partial charge in [0.05, 0.1) is 38.5 Å². The number of unbranched alkanes of at least 4 members (excludes halogenated alkanes) is 58. The normalized spacial score (nSPS) is 13.9. The number of rotatable bonds is 90. The Hall–Kier alpha value is -3.15. The molecule has 0 saturated carbocycles. The Balaban J connectivity index is 6.18. The Morgan fingerprint density at radius 2 is 0.500 bits per heavy atom. The van der Waals surface area contributed by atoms with Crippen molar-refractivity contribution in [3.05, 3.63) is 24.3 Å². The van der Waals surface area contributed by atoms with Crippen molar-refractivity contribution in [3.8, 4) is 0 Å². The van der Waals surface area contributed by atoms with Crippen LogP contribution in [0.2, 0.25) is 0 Å². The van der Waals surface area contributed by atoms with E-state index < -0.39 is 84.3 Å². The molecule has 0 aliphatic rings. The van der Waals surface area contributed by atoms with Crippen LogP contribution in [-0.4, -0.2) is 103 Å². The fourth-order valence-electron chi connectivity index (χ4n) is 14.4. The van der Waals surface area contributed by atoms with Crippen LogP contribution in [-0.2, 0) is 55.9 Å². The van der Waals surface area contributed by atoms with E-state index in [9.17, 15) is 42.9 Å². The summed E-state index contributed by atoms with van der Waals surface area (Å²) in [7, 11) is -9.65. The minimum atomic E-state index is -4.83. The molecule has 6 atom stereocenters. The Morgan fingerprint density at radius 1 is 0.289 bits per heavy atom. The molecule has 0 bridgehead atoms. The second-order valence-corrected chi connectivity index (χ2v) is 35.8. The molecule has 0 heterocycles. The molecule has 4 unspecified atom stereocenters. The third kappa shape index (κ3) is 78.7. The van der Waals surface area contributed by atoms with E-state index >= 15 is 0 Å². The average Bonchev–Trinajstić information content (AvgIpc) is 0.878. The lowest BCUT2D eigenvalue weighted by Crippen LogP contribution is -2.47. The Bertz CT molecular complexity index is 2180. The highest BCUT2D eigenvalue weighted by atomic mass is 31.2. The number of allylic oxidation sites excluding steroid dienone is 2. The van der Waals surface area contributed by atoms with E-state index in [-0.39, 0.29) is 50.6 Å². The number of amides is 4. The molecule has 0 aliphatic heterocycles. The summed E-state index contributed by atoms with van der Waals surface area (Å²) < 4.78 is 61.2. The van der Waals surface area contributed by atoms with Crippen LogP contribution in [0.5, 0.6) is 0 Å². The highest BCUT2D eigenvalue weighted by Gasteiger charge is 2.32. The molecule has 0 radical (unpaired) electrons. The molecule has 0 aromatic rings. The quantitative estimate of drug-likeness (QED) is 0.0143. The molecule has 19 nitrogen and oxygen atoms in total. The van der Waals surface area contributed by atoms with Crippen molar-refractivity contribution in [3.63, 3.8) is 0 Å². The highest BCUT2D eigenvalue weighted by molar-refractivity contribution is 7.47. The van der Waals surface area contributed by atoms with Gasteiger partial charge in [0.1, 0.15) is 12.2 Å². The third-order valence-corrected chi connectivity index (χ3v) is 23.7. The zero-order valence-corrected chi connectivity index (χ0v) is 76.3. The van der Waals surface area contributed by atoms with Crippen molar-refractivity contribution < 1.29 is 70.5 Å². The van der Waals surface area contributed by atoms with Gasteiger partial charge >= 0.3 is 33.6 Å². The second-order valence-electron chi connectivity index (χ2n) is 32.9. The lowest BCUT2D eigenvalue weighted by molar-refractivity contribution is -0.150. The number of carbonyl (C=O) groups excluding carboxylic acids is 5. The maximum absolute atomic E-state index is 13.8. The number of esters is 2. The van der Waals surface area contributed by atoms with Gasteiger partial charge in [-0.05, 0) is 63.5 Å². The van der Waals surface area contributed by atoms with Gasteiger partial charge in [0.15, 0.2) is 0 Å². The molecule has 0 fully saturated rings. The highest BCUT2D eigenvalue weighted by Crippen LogP contribution is 2.44. The van der Waals surface area contributed by atoms with Crippen molar-refractivity contribution in [2.24, 2.45) is 0 Å². The number of hydrogen-bond acceptors (Lipinski definition) is 13. The summed E-state index contributed by atoms with van der Waals surface area (Å²) in [5, 5.41) is 11.1. The summed E-state index contributed by atoms with van der Waals surface area (Å²) in [5.41, 5.74) is 0. The SMILES string of the molecule is CCCCCCCCCCCCC/C=C/C(OC(=O)CCCCCCCCCCC)[C@H](COP(=O)(O)OCCNC(=O)NCCOP(=O)(O)OC[C@H](NC(=O)CCCCCCCCCCCCC)C(/C=C/CCCCCCCCCCCCC)OC(=O)CCCCCCCCCCC)NC(=O)CCCCCCCCCCCCC. The van der Waals surface area contributed by atoms with Crippen LogP contribution in [0.15, 0.2) is 24.3 Å². The van der Waals surface area contributed by atoms with Crippen LogP contribution >= 0.6 is 15.6 Å². The second kappa shape index (κ2) is 84.9. The van der Waals surface area contributed by atoms with Gasteiger partial charge in [-0.3, -0.25) is 37.3 Å². The molecule has 0 aliphatic carbocycles. The van der Waals surface area contributed by atoms with Gasteiger partial charge in [0.2, 0.25) is 11.8 Å². The van der Waals surface area contributed by atoms with Crippen LogP contribution in [0, 0.1) is 0 Å². The van der Waals surface area contributed by atoms with Crippen molar-refractivity contribution in [1.29, 1.82) is 0 Å². The van der Waals surface area contributed by atoms with E-state index in [2.05, 4.69) is 62.8 Å². The molecule has 0 aromatic heterocycles. The average molecular weight is 1660 g/mol. The monoisotopic (exact) mass is 1660 g/mol. The summed E-state index contributed by atoms with van der Waals surface area (Å²) in [5.74, 6) is -1.40. The van der Waals surface area contributed by atoms with E-state index in [1.807, 2.05) is 12.2 Å². The number of ether oxygens (including phenoxy) is 2. The summed E-state index contributed by atoms with van der Waals surface area (Å²) in [6.07, 6.45) is 79.0. The Labute approximate surface area is 699 Å². The summed E-state index contributed by atoms with van der Waals surface area (Å²) >= 11 is 0. The minimum Gasteiger partial charge on any atom is -0.456 e. The molecule has 0 spiro atoms. The van der Waals surface area contributed by atoms with Crippen molar-refractivity contribution in [2.45, 2.75) is 502 Å². The van der Waals surface area contributed by atoms with Crippen LogP contribution in [0.4, 0.5) is 4.79 Å². The molecule has 0 rings (SSSR count). The fraction of sp³-hybridized carbons (Fsp3) is 0.903. The van der Waals surface area contributed by atoms with Crippen LogP contribution in [0.3, 0.4) is 0 Å². The van der Waals surface area contributed by atoms with Gasteiger partial charge < -0.3 is 40.5 Å². The smallest absolute Gasteiger partial charge is 0.456 e. The molecule has 0 aromatic carbocycles. The molecule has 114 heavy (non-hydrogen) atoms. The zero-order valence-electron chi connectivity index (χ0n) is 74.5. The van der Waals surface area contributed by atoms with Crippen molar-refractivity contribution in [2.75, 3.05) is 39.5 Å². The number of nitrogens with one attached hydrogen (secondary N) is 4. The molecule has 0 saturated heterocycles. The van der Waals surface area contributed by atoms with Crippen molar-refractivity contribution in [1.82, 2.24) is 21.3 Å². The molecule has 21 heteroatoms. The standard InChI is InChI=1S/C93H180N4O15P2/c1-7-13-19-25-31-37-41-43-47-51-55-61-67-73-87(111-91(100)77-71-65-59-49-35-29-23-17-11-5)85(96-89(98)75-69-63-57-53-45-39-33-27-21-15-9-3)83-109-113(103,104)107-81-79-94-93(102)95-80-82-108-114(105,106)110-84-86(97-90(99)76-70-64-58-54-46-40-34-28-22-16-10-4)88(112-92(101)78-72-66-60-50-36-30-24-18-12-6)74-68-62-56-52-48-44-42-38-32-26-20-14-8-2/h67-68,73-74,85-88H,7-66,69-72,75-84H2,1-6H3,(H,96,98)(H,97,99)(H,103,104)(H,105,106)(H2,94,95,102)/b73-67+,74-68+/t85-,86-,87?,88?/m0/s1. The first kappa shape index (κ1) is 111. The number of phosphoric ester groups is 2. The first-order chi connectivity index (χ1) is 55.6. The predicted octanol–water partition coefficient (Wildman–Crippen LogP) is 27.1. The van der Waals surface area contributed by atoms with E-state index in [1.54, 1.807) is 12.2 Å². The first-order valence-electron chi connectivity index (χ1n) is 48.1. The predicted molar refractivity (Wildman–Crippen MR) is 475 cm³/mol. The van der Waals surface area contributed by atoms with Gasteiger partial charge in [0.25, 0.3) is 0 Å². The molecular formula is C93H180N4O15P2. The Morgan fingerprint density at radius 3 is 0.737 bits per heavy atom. The van der Waals surface area contributed by atoms with Crippen LogP contribution in [0.25, 0.3) is 0 Å². The molecule has 4 amide bonds. The largest absolute Gasteiger partial charge is 0.472 e. The van der Waals surface area contributed by atoms with Gasteiger partial charge in [-0.25, -0.2) is 13.9 Å². The number of carbonyl (C=O) groups is 5. The minimum absolute atomic E-state index is 0.200. The molecular weight excluding hydrogens is 1470 g/mol. The summed E-state index contributed by atoms with van der Waals surface area (Å²) in [6.45, 7) is 10.9. The first-order valence-corrected chi connectivity index (χ1v) is 51.1. The third-order valence-electron chi connectivity index (χ3n) is 21.7. The van der Waals surface area contributed by atoms with Gasteiger partial charge in [-0.15, -0.1) is 0 Å². The van der Waals surface area contributed by atoms with Gasteiger partial charge in [-0.1, -0.05) is 413 Å².